The number of fused-ring (bicyclic) bond motifs is 2. The molecule has 0 aliphatic rings. The summed E-state index contributed by atoms with van der Waals surface area (Å²) in [5.41, 5.74) is 7.53. The van der Waals surface area contributed by atoms with Crippen LogP contribution in [0.4, 0.5) is 0 Å². The van der Waals surface area contributed by atoms with Crippen LogP contribution in [0.3, 0.4) is 0 Å². The molecule has 6 heterocycles. The number of imidazole rings is 1. The molecule has 168 valence electrons. The van der Waals surface area contributed by atoms with Gasteiger partial charge < -0.3 is 10.3 Å². The fraction of sp³-hybridized carbons (Fsp3) is 0.125. The zero-order valence-corrected chi connectivity index (χ0v) is 19.7. The molecule has 0 spiro atoms. The van der Waals surface area contributed by atoms with E-state index < -0.39 is 0 Å². The Morgan fingerprint density at radius 2 is 2.03 bits per heavy atom. The van der Waals surface area contributed by atoms with Gasteiger partial charge in [0.2, 0.25) is 0 Å². The summed E-state index contributed by atoms with van der Waals surface area (Å²) in [5, 5.41) is 10.9. The fourth-order valence-electron chi connectivity index (χ4n) is 3.91. The molecule has 0 amide bonds. The van der Waals surface area contributed by atoms with E-state index in [0.717, 1.165) is 61.2 Å². The van der Waals surface area contributed by atoms with Crippen molar-refractivity contribution in [3.8, 4) is 33.2 Å². The Labute approximate surface area is 203 Å². The summed E-state index contributed by atoms with van der Waals surface area (Å²) < 4.78 is 0.735. The van der Waals surface area contributed by atoms with E-state index in [-0.39, 0.29) is 0 Å². The molecule has 0 aliphatic carbocycles. The van der Waals surface area contributed by atoms with Crippen LogP contribution in [0.15, 0.2) is 55.0 Å². The highest BCUT2D eigenvalue weighted by Crippen LogP contribution is 2.35. The van der Waals surface area contributed by atoms with Gasteiger partial charge >= 0.3 is 0 Å². The number of nitrogens with zero attached hydrogens (tertiary/aromatic N) is 5. The molecule has 0 unspecified atom stereocenters. The number of aromatic amines is 2. The number of thiophene rings is 1. The minimum absolute atomic E-state index is 0.604. The molecule has 0 radical (unpaired) electrons. The molecule has 3 N–H and O–H groups in total. The molecule has 0 aliphatic heterocycles. The third kappa shape index (κ3) is 3.73. The van der Waals surface area contributed by atoms with Crippen LogP contribution in [-0.2, 0) is 6.54 Å². The van der Waals surface area contributed by atoms with Gasteiger partial charge in [-0.05, 0) is 48.5 Å². The third-order valence-electron chi connectivity index (χ3n) is 5.53. The van der Waals surface area contributed by atoms with Crippen LogP contribution < -0.4 is 5.32 Å². The van der Waals surface area contributed by atoms with Crippen LogP contribution in [0.5, 0.6) is 0 Å². The smallest absolute Gasteiger partial charge is 0.178 e. The first-order chi connectivity index (χ1) is 16.7. The predicted octanol–water partition coefficient (Wildman–Crippen LogP) is 5.45. The average molecular weight is 487 g/mol. The van der Waals surface area contributed by atoms with E-state index in [1.807, 2.05) is 42.7 Å². The lowest BCUT2D eigenvalue weighted by molar-refractivity contribution is 0.724. The fourth-order valence-corrected chi connectivity index (χ4v) is 4.98. The van der Waals surface area contributed by atoms with Gasteiger partial charge in [0.15, 0.2) is 17.2 Å². The SMILES string of the molecule is CCNCc1cncc(-c2ccc3[nH]nc(-c4nc5nccc(-c6ccc(Cl)s6)c5[nH]4)c3n2)c1. The second-order valence-corrected chi connectivity index (χ2v) is 9.49. The zero-order chi connectivity index (χ0) is 23.1. The van der Waals surface area contributed by atoms with Gasteiger partial charge in [-0.2, -0.15) is 5.10 Å². The second kappa shape index (κ2) is 8.60. The molecule has 0 atom stereocenters. The molecular weight excluding hydrogens is 468 g/mol. The van der Waals surface area contributed by atoms with Crippen LogP contribution in [0.25, 0.3) is 55.4 Å². The van der Waals surface area contributed by atoms with Gasteiger partial charge in [0.05, 0.1) is 21.1 Å². The highest BCUT2D eigenvalue weighted by atomic mass is 35.5. The number of rotatable bonds is 6. The highest BCUT2D eigenvalue weighted by Gasteiger charge is 2.18. The molecule has 6 aromatic rings. The molecular formula is C24H19ClN8S. The van der Waals surface area contributed by atoms with Crippen molar-refractivity contribution in [2.24, 2.45) is 0 Å². The first kappa shape index (κ1) is 20.9. The summed E-state index contributed by atoms with van der Waals surface area (Å²) in [7, 11) is 0. The van der Waals surface area contributed by atoms with Gasteiger partial charge in [0.25, 0.3) is 0 Å². The van der Waals surface area contributed by atoms with Gasteiger partial charge in [0, 0.05) is 41.1 Å². The zero-order valence-electron chi connectivity index (χ0n) is 18.1. The first-order valence-electron chi connectivity index (χ1n) is 10.8. The molecule has 8 nitrogen and oxygen atoms in total. The molecule has 0 fully saturated rings. The minimum atomic E-state index is 0.604. The topological polar surface area (TPSA) is 108 Å². The largest absolute Gasteiger partial charge is 0.335 e. The van der Waals surface area contributed by atoms with E-state index in [0.29, 0.717) is 17.2 Å². The van der Waals surface area contributed by atoms with Gasteiger partial charge in [0.1, 0.15) is 5.52 Å². The molecule has 6 rings (SSSR count). The number of halogens is 1. The van der Waals surface area contributed by atoms with Crippen molar-refractivity contribution in [2.75, 3.05) is 6.54 Å². The predicted molar refractivity (Wildman–Crippen MR) is 136 cm³/mol. The van der Waals surface area contributed by atoms with Crippen molar-refractivity contribution in [3.63, 3.8) is 0 Å². The second-order valence-electron chi connectivity index (χ2n) is 7.77. The summed E-state index contributed by atoms with van der Waals surface area (Å²) in [6.07, 6.45) is 5.45. The van der Waals surface area contributed by atoms with Crippen molar-refractivity contribution in [2.45, 2.75) is 13.5 Å². The quantitative estimate of drug-likeness (QED) is 0.289. The monoisotopic (exact) mass is 486 g/mol. The van der Waals surface area contributed by atoms with Gasteiger partial charge in [-0.15, -0.1) is 11.3 Å². The Kier molecular flexibility index (Phi) is 5.29. The molecule has 10 heteroatoms. The van der Waals surface area contributed by atoms with Crippen molar-refractivity contribution in [1.29, 1.82) is 0 Å². The van der Waals surface area contributed by atoms with Crippen molar-refractivity contribution in [1.82, 2.24) is 40.4 Å². The van der Waals surface area contributed by atoms with Crippen LogP contribution in [0, 0.1) is 0 Å². The van der Waals surface area contributed by atoms with E-state index in [4.69, 9.17) is 21.6 Å². The Balaban J connectivity index is 1.44. The summed E-state index contributed by atoms with van der Waals surface area (Å²) in [6, 6.07) is 11.9. The third-order valence-corrected chi connectivity index (χ3v) is 6.80. The molecule has 0 saturated carbocycles. The van der Waals surface area contributed by atoms with Crippen LogP contribution in [0.1, 0.15) is 12.5 Å². The summed E-state index contributed by atoms with van der Waals surface area (Å²) in [6.45, 7) is 3.75. The van der Waals surface area contributed by atoms with E-state index >= 15 is 0 Å². The van der Waals surface area contributed by atoms with E-state index in [9.17, 15) is 0 Å². The van der Waals surface area contributed by atoms with Crippen molar-refractivity contribution in [3.05, 3.63) is 64.9 Å². The Morgan fingerprint density at radius 3 is 2.88 bits per heavy atom. The van der Waals surface area contributed by atoms with E-state index in [2.05, 4.69) is 43.5 Å². The minimum Gasteiger partial charge on any atom is -0.335 e. The van der Waals surface area contributed by atoms with E-state index in [1.165, 1.54) is 11.3 Å². The number of H-pyrrole nitrogens is 2. The number of hydrogen-bond acceptors (Lipinski definition) is 7. The van der Waals surface area contributed by atoms with Gasteiger partial charge in [-0.1, -0.05) is 18.5 Å². The number of pyridine rings is 3. The summed E-state index contributed by atoms with van der Waals surface area (Å²) in [5.74, 6) is 0.604. The maximum absolute atomic E-state index is 6.16. The lowest BCUT2D eigenvalue weighted by Crippen LogP contribution is -2.11. The average Bonchev–Trinajstić information content (AvgIpc) is 3.59. The van der Waals surface area contributed by atoms with Crippen molar-refractivity contribution < 1.29 is 0 Å². The van der Waals surface area contributed by atoms with E-state index in [1.54, 1.807) is 6.20 Å². The lowest BCUT2D eigenvalue weighted by Gasteiger charge is -2.05. The maximum Gasteiger partial charge on any atom is 0.178 e. The normalized spacial score (nSPS) is 11.6. The molecule has 6 aromatic heterocycles. The standard InChI is InChI=1S/C24H19ClN8S/c1-2-26-10-13-9-14(12-27-11-13)16-3-4-17-21(29-16)22(33-32-17)24-30-20-15(7-8-28-23(20)31-24)18-5-6-19(25)34-18/h3-9,11-12,26H,2,10H2,1H3,(H,32,33)(H,28,30,31). The number of nitrogens with one attached hydrogen (secondary N) is 3. The maximum atomic E-state index is 6.16. The first-order valence-corrected chi connectivity index (χ1v) is 12.0. The summed E-state index contributed by atoms with van der Waals surface area (Å²) >= 11 is 7.68. The Hall–Kier alpha value is -3.66. The van der Waals surface area contributed by atoms with Gasteiger partial charge in [-0.3, -0.25) is 10.1 Å². The van der Waals surface area contributed by atoms with Crippen molar-refractivity contribution >= 4 is 45.1 Å². The van der Waals surface area contributed by atoms with Gasteiger partial charge in [-0.25, -0.2) is 15.0 Å². The Bertz CT molecular complexity index is 1630. The number of hydrogen-bond donors (Lipinski definition) is 3. The van der Waals surface area contributed by atoms with Crippen LogP contribution in [0.2, 0.25) is 4.34 Å². The molecule has 0 saturated heterocycles. The number of aromatic nitrogens is 7. The lowest BCUT2D eigenvalue weighted by atomic mass is 10.1. The highest BCUT2D eigenvalue weighted by molar-refractivity contribution is 7.19. The Morgan fingerprint density at radius 1 is 1.09 bits per heavy atom. The van der Waals surface area contributed by atoms with Crippen LogP contribution in [-0.4, -0.2) is 41.7 Å². The molecule has 0 aromatic carbocycles. The molecule has 0 bridgehead atoms. The van der Waals surface area contributed by atoms with Crippen LogP contribution >= 0.6 is 22.9 Å². The summed E-state index contributed by atoms with van der Waals surface area (Å²) in [4.78, 5) is 22.9. The molecule has 34 heavy (non-hydrogen) atoms.